The summed E-state index contributed by atoms with van der Waals surface area (Å²) in [6.07, 6.45) is 6.76. The Balaban J connectivity index is 1.48. The molecule has 23 heavy (non-hydrogen) atoms. The first-order valence-electron chi connectivity index (χ1n) is 7.95. The van der Waals surface area contributed by atoms with Crippen molar-refractivity contribution in [2.45, 2.75) is 31.8 Å². The number of carbonyl (C=O) groups is 1. The van der Waals surface area contributed by atoms with Crippen LogP contribution in [0.15, 0.2) is 48.8 Å². The van der Waals surface area contributed by atoms with Gasteiger partial charge in [-0.2, -0.15) is 5.10 Å². The van der Waals surface area contributed by atoms with Crippen LogP contribution in [0.3, 0.4) is 0 Å². The predicted molar refractivity (Wildman–Crippen MR) is 87.8 cm³/mol. The maximum absolute atomic E-state index is 12.4. The van der Waals surface area contributed by atoms with Crippen LogP contribution in [0.4, 0.5) is 0 Å². The second-order valence-corrected chi connectivity index (χ2v) is 5.95. The highest BCUT2D eigenvalue weighted by molar-refractivity contribution is 5.80. The number of hydrogen-bond donors (Lipinski definition) is 1. The fourth-order valence-corrected chi connectivity index (χ4v) is 3.23. The Labute approximate surface area is 134 Å². The van der Waals surface area contributed by atoms with Gasteiger partial charge in [-0.15, -0.1) is 0 Å². The second kappa shape index (κ2) is 5.83. The Hall–Kier alpha value is -2.69. The van der Waals surface area contributed by atoms with E-state index in [0.717, 1.165) is 35.9 Å². The molecule has 0 spiro atoms. The maximum Gasteiger partial charge on any atom is 0.242 e. The molecule has 1 atom stereocenters. The number of nitrogens with zero attached hydrogens (tertiary/aromatic N) is 3. The third kappa shape index (κ3) is 2.82. The molecule has 0 fully saturated rings. The molecule has 2 aromatic heterocycles. The smallest absolute Gasteiger partial charge is 0.242 e. The fourth-order valence-electron chi connectivity index (χ4n) is 3.23. The van der Waals surface area contributed by atoms with Crippen molar-refractivity contribution in [2.24, 2.45) is 0 Å². The molecule has 0 saturated carbocycles. The average Bonchev–Trinajstić information content (AvgIpc) is 2.97. The summed E-state index contributed by atoms with van der Waals surface area (Å²) < 4.78 is 1.70. The van der Waals surface area contributed by atoms with Gasteiger partial charge >= 0.3 is 0 Å². The van der Waals surface area contributed by atoms with Crippen LogP contribution in [0.25, 0.3) is 10.9 Å². The lowest BCUT2D eigenvalue weighted by Crippen LogP contribution is -2.34. The van der Waals surface area contributed by atoms with Crippen molar-refractivity contribution in [3.05, 3.63) is 60.0 Å². The normalized spacial score (nSPS) is 17.0. The molecule has 2 heterocycles. The molecule has 1 N–H and O–H groups in total. The molecule has 1 aromatic carbocycles. The number of benzene rings is 1. The van der Waals surface area contributed by atoms with E-state index in [1.54, 1.807) is 10.9 Å². The molecule has 0 aliphatic heterocycles. The van der Waals surface area contributed by atoms with Crippen LogP contribution in [-0.4, -0.2) is 20.7 Å². The lowest BCUT2D eigenvalue weighted by atomic mass is 9.92. The number of hydrogen-bond acceptors (Lipinski definition) is 3. The minimum Gasteiger partial charge on any atom is -0.346 e. The Morgan fingerprint density at radius 3 is 3.09 bits per heavy atom. The zero-order valence-electron chi connectivity index (χ0n) is 12.8. The summed E-state index contributed by atoms with van der Waals surface area (Å²) in [5, 5.41) is 8.58. The van der Waals surface area contributed by atoms with Crippen molar-refractivity contribution in [1.82, 2.24) is 20.1 Å². The summed E-state index contributed by atoms with van der Waals surface area (Å²) in [6.45, 7) is 0.230. The summed E-state index contributed by atoms with van der Waals surface area (Å²) in [7, 11) is 0. The Morgan fingerprint density at radius 2 is 2.17 bits per heavy atom. The molecule has 0 radical (unpaired) electrons. The molecular formula is C18H18N4O. The van der Waals surface area contributed by atoms with Gasteiger partial charge < -0.3 is 5.32 Å². The molecule has 1 aliphatic carbocycles. The molecule has 0 bridgehead atoms. The Kier molecular flexibility index (Phi) is 3.54. The Morgan fingerprint density at radius 1 is 1.26 bits per heavy atom. The van der Waals surface area contributed by atoms with Crippen molar-refractivity contribution in [3.63, 3.8) is 0 Å². The third-order valence-electron chi connectivity index (χ3n) is 4.30. The first-order chi connectivity index (χ1) is 11.3. The number of amides is 1. The summed E-state index contributed by atoms with van der Waals surface area (Å²) >= 11 is 0. The van der Waals surface area contributed by atoms with E-state index in [2.05, 4.69) is 21.5 Å². The fraction of sp³-hybridized carbons (Fsp3) is 0.278. The molecule has 5 nitrogen and oxygen atoms in total. The van der Waals surface area contributed by atoms with Gasteiger partial charge in [-0.25, -0.2) is 0 Å². The van der Waals surface area contributed by atoms with Gasteiger partial charge in [0.2, 0.25) is 5.91 Å². The minimum absolute atomic E-state index is 0.0115. The van der Waals surface area contributed by atoms with Crippen LogP contribution in [0.5, 0.6) is 0 Å². The highest BCUT2D eigenvalue weighted by Gasteiger charge is 2.22. The molecule has 0 unspecified atom stereocenters. The van der Waals surface area contributed by atoms with Gasteiger partial charge in [0.25, 0.3) is 0 Å². The number of fused-ring (bicyclic) bond motifs is 2. The van der Waals surface area contributed by atoms with E-state index in [9.17, 15) is 4.79 Å². The zero-order valence-corrected chi connectivity index (χ0v) is 12.8. The molecule has 4 rings (SSSR count). The number of carbonyl (C=O) groups excluding carboxylic acids is 1. The topological polar surface area (TPSA) is 59.8 Å². The van der Waals surface area contributed by atoms with Crippen LogP contribution in [0.2, 0.25) is 0 Å². The second-order valence-electron chi connectivity index (χ2n) is 5.95. The van der Waals surface area contributed by atoms with Crippen LogP contribution in [-0.2, 0) is 17.8 Å². The molecule has 0 saturated heterocycles. The van der Waals surface area contributed by atoms with E-state index >= 15 is 0 Å². The lowest BCUT2D eigenvalue weighted by Gasteiger charge is -2.25. The van der Waals surface area contributed by atoms with E-state index in [-0.39, 0.29) is 18.5 Å². The number of nitrogens with one attached hydrogen (secondary N) is 1. The largest absolute Gasteiger partial charge is 0.346 e. The monoisotopic (exact) mass is 306 g/mol. The SMILES string of the molecule is O=C(Cn1cc2ccccc2n1)N[C@H]1CCCc2cccnc21. The van der Waals surface area contributed by atoms with Crippen LogP contribution in [0.1, 0.15) is 30.1 Å². The molecule has 5 heteroatoms. The number of aromatic nitrogens is 3. The van der Waals surface area contributed by atoms with Gasteiger partial charge in [-0.1, -0.05) is 24.3 Å². The summed E-state index contributed by atoms with van der Waals surface area (Å²) in [5.74, 6) is -0.0266. The van der Waals surface area contributed by atoms with E-state index in [4.69, 9.17) is 0 Å². The molecule has 1 aliphatic rings. The van der Waals surface area contributed by atoms with E-state index in [0.29, 0.717) is 0 Å². The van der Waals surface area contributed by atoms with Gasteiger partial charge in [-0.3, -0.25) is 14.5 Å². The van der Waals surface area contributed by atoms with Gasteiger partial charge in [0, 0.05) is 17.8 Å². The van der Waals surface area contributed by atoms with Crippen molar-refractivity contribution in [2.75, 3.05) is 0 Å². The third-order valence-corrected chi connectivity index (χ3v) is 4.30. The number of aryl methyl sites for hydroxylation is 1. The molecule has 1 amide bonds. The van der Waals surface area contributed by atoms with Gasteiger partial charge in [0.15, 0.2) is 0 Å². The zero-order chi connectivity index (χ0) is 15.6. The first kappa shape index (κ1) is 13.9. The molecule has 3 aromatic rings. The minimum atomic E-state index is -0.0266. The van der Waals surface area contributed by atoms with Gasteiger partial charge in [-0.05, 0) is 37.0 Å². The summed E-state index contributed by atoms with van der Waals surface area (Å²) in [6, 6.07) is 11.9. The summed E-state index contributed by atoms with van der Waals surface area (Å²) in [5.41, 5.74) is 3.16. The quantitative estimate of drug-likeness (QED) is 0.809. The van der Waals surface area contributed by atoms with Crippen LogP contribution in [0, 0.1) is 0 Å². The standard InChI is InChI=1S/C18H18N4O/c23-17(12-22-11-14-5-1-2-8-15(14)21-22)20-16-9-3-6-13-7-4-10-19-18(13)16/h1-2,4-5,7-8,10-11,16H,3,6,9,12H2,(H,20,23)/t16-/m0/s1. The van der Waals surface area contributed by atoms with Crippen LogP contribution >= 0.6 is 0 Å². The molecular weight excluding hydrogens is 288 g/mol. The van der Waals surface area contributed by atoms with Crippen molar-refractivity contribution in [3.8, 4) is 0 Å². The number of rotatable bonds is 3. The van der Waals surface area contributed by atoms with Crippen molar-refractivity contribution < 1.29 is 4.79 Å². The Bertz CT molecular complexity index is 822. The highest BCUT2D eigenvalue weighted by atomic mass is 16.2. The maximum atomic E-state index is 12.4. The van der Waals surface area contributed by atoms with Gasteiger partial charge in [0.05, 0.1) is 17.3 Å². The first-order valence-corrected chi connectivity index (χ1v) is 7.95. The summed E-state index contributed by atoms with van der Waals surface area (Å²) in [4.78, 5) is 16.8. The number of pyridine rings is 1. The average molecular weight is 306 g/mol. The van der Waals surface area contributed by atoms with Gasteiger partial charge in [0.1, 0.15) is 6.54 Å². The van der Waals surface area contributed by atoms with E-state index < -0.39 is 0 Å². The molecule has 116 valence electrons. The van der Waals surface area contributed by atoms with E-state index in [1.165, 1.54) is 5.56 Å². The van der Waals surface area contributed by atoms with E-state index in [1.807, 2.05) is 36.5 Å². The predicted octanol–water partition coefficient (Wildman–Crippen LogP) is 2.63. The van der Waals surface area contributed by atoms with Crippen molar-refractivity contribution in [1.29, 1.82) is 0 Å². The van der Waals surface area contributed by atoms with Crippen LogP contribution < -0.4 is 5.32 Å². The lowest BCUT2D eigenvalue weighted by molar-refractivity contribution is -0.122. The highest BCUT2D eigenvalue weighted by Crippen LogP contribution is 2.27. The van der Waals surface area contributed by atoms with Crippen molar-refractivity contribution >= 4 is 16.8 Å².